The number of carbonyl (C=O) groups excluding carboxylic acids is 1. The number of aliphatic hydroxyl groups excluding tert-OH is 1. The molecule has 1 amide bonds. The van der Waals surface area contributed by atoms with Crippen LogP contribution in [0.25, 0.3) is 11.3 Å². The van der Waals surface area contributed by atoms with Gasteiger partial charge in [-0.05, 0) is 43.7 Å². The molecule has 0 aliphatic heterocycles. The van der Waals surface area contributed by atoms with Gasteiger partial charge in [-0.15, -0.1) is 0 Å². The third kappa shape index (κ3) is 3.62. The molecule has 1 aromatic carbocycles. The van der Waals surface area contributed by atoms with Crippen molar-refractivity contribution in [3.8, 4) is 11.3 Å². The maximum absolute atomic E-state index is 12.6. The molecular weight excluding hydrogens is 328 g/mol. The first kappa shape index (κ1) is 17.0. The van der Waals surface area contributed by atoms with Crippen LogP contribution in [0, 0.1) is 5.92 Å². The Bertz CT molecular complexity index is 708. The lowest BCUT2D eigenvalue weighted by Crippen LogP contribution is -2.40. The fraction of sp³-hybridized carbons (Fsp3) is 0.444. The van der Waals surface area contributed by atoms with Crippen molar-refractivity contribution in [2.75, 3.05) is 13.7 Å². The molecule has 1 fully saturated rings. The second-order valence-electron chi connectivity index (χ2n) is 6.36. The van der Waals surface area contributed by atoms with Crippen molar-refractivity contribution in [1.82, 2.24) is 10.1 Å². The lowest BCUT2D eigenvalue weighted by Gasteiger charge is -2.33. The second-order valence-corrected chi connectivity index (χ2v) is 6.80. The zero-order valence-corrected chi connectivity index (χ0v) is 14.4. The number of carbonyl (C=O) groups is 1. The number of aromatic nitrogens is 1. The minimum absolute atomic E-state index is 0.139. The van der Waals surface area contributed by atoms with Crippen LogP contribution in [-0.2, 0) is 0 Å². The number of aliphatic hydroxyl groups is 1. The van der Waals surface area contributed by atoms with Gasteiger partial charge in [-0.2, -0.15) is 0 Å². The summed E-state index contributed by atoms with van der Waals surface area (Å²) in [6.45, 7) is 0.233. The Morgan fingerprint density at radius 3 is 2.75 bits per heavy atom. The topological polar surface area (TPSA) is 66.6 Å². The number of nitrogens with zero attached hydrogens (tertiary/aromatic N) is 2. The smallest absolute Gasteiger partial charge is 0.276 e. The zero-order valence-electron chi connectivity index (χ0n) is 13.6. The van der Waals surface area contributed by atoms with Gasteiger partial charge in [0, 0.05) is 36.3 Å². The van der Waals surface area contributed by atoms with Gasteiger partial charge in [0.05, 0.1) is 0 Å². The Balaban J connectivity index is 1.69. The van der Waals surface area contributed by atoms with Crippen LogP contribution >= 0.6 is 11.6 Å². The summed E-state index contributed by atoms with van der Waals surface area (Å²) in [6, 6.07) is 9.09. The van der Waals surface area contributed by atoms with E-state index in [1.54, 1.807) is 30.1 Å². The molecule has 1 N–H and O–H groups in total. The van der Waals surface area contributed by atoms with Gasteiger partial charge in [0.1, 0.15) is 0 Å². The normalized spacial score (nSPS) is 20.8. The van der Waals surface area contributed by atoms with Crippen LogP contribution in [0.5, 0.6) is 0 Å². The predicted molar refractivity (Wildman–Crippen MR) is 91.9 cm³/mol. The van der Waals surface area contributed by atoms with Crippen LogP contribution in [0.3, 0.4) is 0 Å². The molecule has 1 aliphatic carbocycles. The minimum Gasteiger partial charge on any atom is -0.396 e. The molecule has 0 radical (unpaired) electrons. The third-order valence-electron chi connectivity index (χ3n) is 4.78. The van der Waals surface area contributed by atoms with Crippen LogP contribution in [-0.4, -0.2) is 40.8 Å². The maximum Gasteiger partial charge on any atom is 0.276 e. The van der Waals surface area contributed by atoms with Crippen molar-refractivity contribution in [2.24, 2.45) is 5.92 Å². The van der Waals surface area contributed by atoms with Crippen LogP contribution in [0.1, 0.15) is 36.2 Å². The van der Waals surface area contributed by atoms with Crippen LogP contribution < -0.4 is 0 Å². The lowest BCUT2D eigenvalue weighted by atomic mass is 9.86. The SMILES string of the molecule is CN(C(=O)c1cc(-c2cccc(Cl)c2)on1)C1CCC(CO)CC1. The summed E-state index contributed by atoms with van der Waals surface area (Å²) < 4.78 is 5.31. The highest BCUT2D eigenvalue weighted by molar-refractivity contribution is 6.30. The summed E-state index contributed by atoms with van der Waals surface area (Å²) >= 11 is 5.98. The van der Waals surface area contributed by atoms with Gasteiger partial charge in [-0.1, -0.05) is 28.9 Å². The molecule has 128 valence electrons. The minimum atomic E-state index is -0.139. The monoisotopic (exact) mass is 348 g/mol. The van der Waals surface area contributed by atoms with Gasteiger partial charge in [0.25, 0.3) is 5.91 Å². The van der Waals surface area contributed by atoms with E-state index in [1.807, 2.05) is 12.1 Å². The Morgan fingerprint density at radius 2 is 2.08 bits per heavy atom. The molecule has 6 heteroatoms. The highest BCUT2D eigenvalue weighted by atomic mass is 35.5. The van der Waals surface area contributed by atoms with Gasteiger partial charge >= 0.3 is 0 Å². The van der Waals surface area contributed by atoms with Crippen molar-refractivity contribution < 1.29 is 14.4 Å². The van der Waals surface area contributed by atoms with Crippen LogP contribution in [0.2, 0.25) is 5.02 Å². The summed E-state index contributed by atoms with van der Waals surface area (Å²) in [5, 5.41) is 13.7. The number of hydrogen-bond acceptors (Lipinski definition) is 4. The molecular formula is C18H21ClN2O3. The predicted octanol–water partition coefficient (Wildman–Crippen LogP) is 3.62. The van der Waals surface area contributed by atoms with E-state index in [-0.39, 0.29) is 18.6 Å². The first-order valence-corrected chi connectivity index (χ1v) is 8.57. The van der Waals surface area contributed by atoms with Gasteiger partial charge in [-0.25, -0.2) is 0 Å². The first-order valence-electron chi connectivity index (χ1n) is 8.19. The fourth-order valence-electron chi connectivity index (χ4n) is 3.22. The van der Waals surface area contributed by atoms with Gasteiger partial charge in [-0.3, -0.25) is 4.79 Å². The van der Waals surface area contributed by atoms with Gasteiger partial charge in [0.2, 0.25) is 0 Å². The molecule has 1 saturated carbocycles. The second kappa shape index (κ2) is 7.36. The molecule has 1 aromatic heterocycles. The highest BCUT2D eigenvalue weighted by Crippen LogP contribution is 2.28. The first-order chi connectivity index (χ1) is 11.6. The number of hydrogen-bond donors (Lipinski definition) is 1. The molecule has 5 nitrogen and oxygen atoms in total. The van der Waals surface area contributed by atoms with Crippen LogP contribution in [0.15, 0.2) is 34.9 Å². The Kier molecular flexibility index (Phi) is 5.21. The largest absolute Gasteiger partial charge is 0.396 e. The molecule has 0 spiro atoms. The third-order valence-corrected chi connectivity index (χ3v) is 5.02. The van der Waals surface area contributed by atoms with E-state index in [4.69, 9.17) is 16.1 Å². The summed E-state index contributed by atoms with van der Waals surface area (Å²) in [5.41, 5.74) is 1.09. The molecule has 1 aliphatic rings. The molecule has 0 saturated heterocycles. The van der Waals surface area contributed by atoms with E-state index < -0.39 is 0 Å². The molecule has 1 heterocycles. The average molecular weight is 349 g/mol. The fourth-order valence-corrected chi connectivity index (χ4v) is 3.41. The van der Waals surface area contributed by atoms with Crippen LogP contribution in [0.4, 0.5) is 0 Å². The van der Waals surface area contributed by atoms with E-state index in [2.05, 4.69) is 5.16 Å². The van der Waals surface area contributed by atoms with Gasteiger partial charge in [0.15, 0.2) is 11.5 Å². The summed E-state index contributed by atoms with van der Waals surface area (Å²) in [4.78, 5) is 14.4. The zero-order chi connectivity index (χ0) is 17.1. The average Bonchev–Trinajstić information content (AvgIpc) is 3.10. The quantitative estimate of drug-likeness (QED) is 0.916. The van der Waals surface area contributed by atoms with E-state index in [1.165, 1.54) is 0 Å². The molecule has 0 unspecified atom stereocenters. The number of benzene rings is 1. The number of halogens is 1. The molecule has 24 heavy (non-hydrogen) atoms. The molecule has 0 bridgehead atoms. The summed E-state index contributed by atoms with van der Waals surface area (Å²) in [6.07, 6.45) is 3.72. The lowest BCUT2D eigenvalue weighted by molar-refractivity contribution is 0.0643. The van der Waals surface area contributed by atoms with Crippen molar-refractivity contribution in [3.63, 3.8) is 0 Å². The van der Waals surface area contributed by atoms with Crippen molar-refractivity contribution in [2.45, 2.75) is 31.7 Å². The Labute approximate surface area is 146 Å². The van der Waals surface area contributed by atoms with Crippen molar-refractivity contribution in [1.29, 1.82) is 0 Å². The highest BCUT2D eigenvalue weighted by Gasteiger charge is 2.28. The van der Waals surface area contributed by atoms with Crippen molar-refractivity contribution >= 4 is 17.5 Å². The van der Waals surface area contributed by atoms with Crippen molar-refractivity contribution in [3.05, 3.63) is 41.0 Å². The van der Waals surface area contributed by atoms with Gasteiger partial charge < -0.3 is 14.5 Å². The Hall–Kier alpha value is -1.85. The van der Waals surface area contributed by atoms with E-state index >= 15 is 0 Å². The number of rotatable bonds is 4. The maximum atomic E-state index is 12.6. The van der Waals surface area contributed by atoms with E-state index in [9.17, 15) is 9.90 Å². The molecule has 3 rings (SSSR count). The Morgan fingerprint density at radius 1 is 1.33 bits per heavy atom. The molecule has 2 aromatic rings. The summed E-state index contributed by atoms with van der Waals surface area (Å²) in [5.74, 6) is 0.754. The van der Waals surface area contributed by atoms with E-state index in [0.717, 1.165) is 31.2 Å². The molecule has 0 atom stereocenters. The summed E-state index contributed by atoms with van der Waals surface area (Å²) in [7, 11) is 1.81. The number of amides is 1. The van der Waals surface area contributed by atoms with E-state index in [0.29, 0.717) is 22.4 Å². The standard InChI is InChI=1S/C18H21ClN2O3/c1-21(15-7-5-12(11-22)6-8-15)18(23)16-10-17(24-20-16)13-3-2-4-14(19)9-13/h2-4,9-10,12,15,22H,5-8,11H2,1H3.